The van der Waals surface area contributed by atoms with Crippen LogP contribution in [0.5, 0.6) is 0 Å². The molecule has 3 rings (SSSR count). The number of carbonyl (C=O) groups is 2. The van der Waals surface area contributed by atoms with Gasteiger partial charge in [0.25, 0.3) is 15.9 Å². The molecule has 1 amide bonds. The van der Waals surface area contributed by atoms with Gasteiger partial charge < -0.3 is 10.1 Å². The van der Waals surface area contributed by atoms with E-state index in [4.69, 9.17) is 4.74 Å². The van der Waals surface area contributed by atoms with Crippen LogP contribution in [0, 0.1) is 13.8 Å². The van der Waals surface area contributed by atoms with Crippen LogP contribution in [-0.4, -0.2) is 26.9 Å². The molecule has 0 saturated heterocycles. The maximum Gasteiger partial charge on any atom is 0.338 e. The molecule has 0 aliphatic rings. The predicted molar refractivity (Wildman–Crippen MR) is 124 cm³/mol. The second kappa shape index (κ2) is 9.65. The molecule has 0 aliphatic carbocycles. The van der Waals surface area contributed by atoms with Crippen molar-refractivity contribution in [2.24, 2.45) is 0 Å². The number of hydrogen-bond acceptors (Lipinski definition) is 5. The lowest BCUT2D eigenvalue weighted by atomic mass is 10.1. The van der Waals surface area contributed by atoms with E-state index in [0.29, 0.717) is 28.1 Å². The number of anilines is 2. The predicted octanol–water partition coefficient (Wildman–Crippen LogP) is 4.53. The summed E-state index contributed by atoms with van der Waals surface area (Å²) in [6.07, 6.45) is 0. The number of carbonyl (C=O) groups excluding carboxylic acids is 2. The molecule has 0 atom stereocenters. The fraction of sp³-hybridized carbons (Fsp3) is 0.167. The van der Waals surface area contributed by atoms with Crippen LogP contribution in [0.25, 0.3) is 0 Å². The van der Waals surface area contributed by atoms with Crippen molar-refractivity contribution in [3.05, 3.63) is 89.0 Å². The fourth-order valence-corrected chi connectivity index (χ4v) is 4.08. The minimum Gasteiger partial charge on any atom is -0.462 e. The van der Waals surface area contributed by atoms with E-state index in [0.717, 1.165) is 5.56 Å². The highest BCUT2D eigenvalue weighted by molar-refractivity contribution is 7.92. The second-order valence-electron chi connectivity index (χ2n) is 7.15. The van der Waals surface area contributed by atoms with Gasteiger partial charge in [0.15, 0.2) is 0 Å². The van der Waals surface area contributed by atoms with Crippen molar-refractivity contribution < 1.29 is 22.7 Å². The molecule has 0 heterocycles. The van der Waals surface area contributed by atoms with Crippen LogP contribution in [-0.2, 0) is 14.8 Å². The number of esters is 1. The lowest BCUT2D eigenvalue weighted by Gasteiger charge is -2.12. The average Bonchev–Trinajstić information content (AvgIpc) is 2.76. The van der Waals surface area contributed by atoms with Crippen LogP contribution in [0.1, 0.15) is 38.8 Å². The SMILES string of the molecule is CCOC(=O)c1cccc(NC(=O)c2ccc(NS(=O)(=O)c3ccc(C)cc3)cc2)c1C. The first kappa shape index (κ1) is 23.0. The highest BCUT2D eigenvalue weighted by Gasteiger charge is 2.16. The Hall–Kier alpha value is -3.65. The Balaban J connectivity index is 1.73. The van der Waals surface area contributed by atoms with Gasteiger partial charge in [-0.2, -0.15) is 0 Å². The zero-order valence-corrected chi connectivity index (χ0v) is 18.8. The molecule has 7 nitrogen and oxygen atoms in total. The molecule has 0 aliphatic heterocycles. The van der Waals surface area contributed by atoms with Gasteiger partial charge in [-0.3, -0.25) is 9.52 Å². The van der Waals surface area contributed by atoms with Crippen molar-refractivity contribution in [2.75, 3.05) is 16.6 Å². The molecule has 0 spiro atoms. The minimum absolute atomic E-state index is 0.155. The highest BCUT2D eigenvalue weighted by Crippen LogP contribution is 2.22. The van der Waals surface area contributed by atoms with E-state index in [1.165, 1.54) is 36.4 Å². The first-order chi connectivity index (χ1) is 15.2. The number of benzene rings is 3. The summed E-state index contributed by atoms with van der Waals surface area (Å²) in [5.74, 6) is -0.839. The van der Waals surface area contributed by atoms with Crippen molar-refractivity contribution in [3.8, 4) is 0 Å². The minimum atomic E-state index is -3.73. The fourth-order valence-electron chi connectivity index (χ4n) is 3.02. The van der Waals surface area contributed by atoms with E-state index in [2.05, 4.69) is 10.0 Å². The molecule has 0 fully saturated rings. The van der Waals surface area contributed by atoms with Crippen LogP contribution in [0.3, 0.4) is 0 Å². The van der Waals surface area contributed by atoms with E-state index in [1.807, 2.05) is 6.92 Å². The van der Waals surface area contributed by atoms with Gasteiger partial charge in [0.1, 0.15) is 0 Å². The largest absolute Gasteiger partial charge is 0.462 e. The molecule has 8 heteroatoms. The van der Waals surface area contributed by atoms with Gasteiger partial charge in [0, 0.05) is 16.9 Å². The molecule has 166 valence electrons. The van der Waals surface area contributed by atoms with Crippen LogP contribution in [0.15, 0.2) is 71.6 Å². The zero-order chi connectivity index (χ0) is 23.3. The number of hydrogen-bond donors (Lipinski definition) is 2. The highest BCUT2D eigenvalue weighted by atomic mass is 32.2. The lowest BCUT2D eigenvalue weighted by Crippen LogP contribution is -2.15. The van der Waals surface area contributed by atoms with Crippen LogP contribution in [0.2, 0.25) is 0 Å². The summed E-state index contributed by atoms with van der Waals surface area (Å²) in [7, 11) is -3.73. The standard InChI is InChI=1S/C24H24N2O5S/c1-4-31-24(28)21-6-5-7-22(17(21)3)25-23(27)18-10-12-19(13-11-18)26-32(29,30)20-14-8-16(2)9-15-20/h5-15,26H,4H2,1-3H3,(H,25,27). The summed E-state index contributed by atoms with van der Waals surface area (Å²) in [5.41, 5.74) is 3.10. The van der Waals surface area contributed by atoms with Crippen molar-refractivity contribution >= 4 is 33.3 Å². The Bertz CT molecular complexity index is 1230. The van der Waals surface area contributed by atoms with E-state index in [-0.39, 0.29) is 17.4 Å². The monoisotopic (exact) mass is 452 g/mol. The molecule has 3 aromatic carbocycles. The van der Waals surface area contributed by atoms with Gasteiger partial charge in [-0.05, 0) is 74.9 Å². The Morgan fingerprint density at radius 2 is 1.56 bits per heavy atom. The van der Waals surface area contributed by atoms with E-state index in [1.54, 1.807) is 44.2 Å². The van der Waals surface area contributed by atoms with Crippen LogP contribution < -0.4 is 10.0 Å². The number of rotatable bonds is 7. The summed E-state index contributed by atoms with van der Waals surface area (Å²) < 4.78 is 32.6. The molecular formula is C24H24N2O5S. The molecule has 32 heavy (non-hydrogen) atoms. The third kappa shape index (κ3) is 5.33. The summed E-state index contributed by atoms with van der Waals surface area (Å²) in [6.45, 7) is 5.59. The van der Waals surface area contributed by atoms with Crippen molar-refractivity contribution in [1.82, 2.24) is 0 Å². The maximum absolute atomic E-state index is 12.7. The second-order valence-corrected chi connectivity index (χ2v) is 8.83. The first-order valence-corrected chi connectivity index (χ1v) is 11.5. The molecule has 0 aromatic heterocycles. The molecule has 3 aromatic rings. The average molecular weight is 453 g/mol. The lowest BCUT2D eigenvalue weighted by molar-refractivity contribution is 0.0525. The van der Waals surface area contributed by atoms with Crippen molar-refractivity contribution in [3.63, 3.8) is 0 Å². The first-order valence-electron chi connectivity index (χ1n) is 9.99. The molecule has 0 saturated carbocycles. The van der Waals surface area contributed by atoms with Gasteiger partial charge in [-0.1, -0.05) is 23.8 Å². The Morgan fingerprint density at radius 3 is 2.19 bits per heavy atom. The van der Waals surface area contributed by atoms with Crippen molar-refractivity contribution in [2.45, 2.75) is 25.7 Å². The summed E-state index contributed by atoms with van der Waals surface area (Å²) in [4.78, 5) is 24.9. The van der Waals surface area contributed by atoms with Crippen LogP contribution in [0.4, 0.5) is 11.4 Å². The third-order valence-electron chi connectivity index (χ3n) is 4.81. The van der Waals surface area contributed by atoms with Crippen molar-refractivity contribution in [1.29, 1.82) is 0 Å². The van der Waals surface area contributed by atoms with Crippen LogP contribution >= 0.6 is 0 Å². The third-order valence-corrected chi connectivity index (χ3v) is 6.21. The summed E-state index contributed by atoms with van der Waals surface area (Å²) in [6, 6.07) is 17.6. The van der Waals surface area contributed by atoms with E-state index in [9.17, 15) is 18.0 Å². The zero-order valence-electron chi connectivity index (χ0n) is 18.0. The van der Waals surface area contributed by atoms with Gasteiger partial charge in [-0.15, -0.1) is 0 Å². The summed E-state index contributed by atoms with van der Waals surface area (Å²) >= 11 is 0. The van der Waals surface area contributed by atoms with Gasteiger partial charge in [-0.25, -0.2) is 13.2 Å². The number of ether oxygens (including phenoxy) is 1. The maximum atomic E-state index is 12.7. The Kier molecular flexibility index (Phi) is 6.95. The smallest absolute Gasteiger partial charge is 0.338 e. The quantitative estimate of drug-likeness (QED) is 0.513. The number of nitrogens with one attached hydrogen (secondary N) is 2. The number of amides is 1. The van der Waals surface area contributed by atoms with Gasteiger partial charge in [0.2, 0.25) is 0 Å². The normalized spacial score (nSPS) is 11.0. The topological polar surface area (TPSA) is 102 Å². The number of sulfonamides is 1. The number of aryl methyl sites for hydroxylation is 1. The molecule has 0 bridgehead atoms. The molecule has 0 unspecified atom stereocenters. The Morgan fingerprint density at radius 1 is 0.906 bits per heavy atom. The molecule has 2 N–H and O–H groups in total. The van der Waals surface area contributed by atoms with E-state index < -0.39 is 16.0 Å². The van der Waals surface area contributed by atoms with Gasteiger partial charge in [0.05, 0.1) is 17.1 Å². The van der Waals surface area contributed by atoms with E-state index >= 15 is 0 Å². The Labute approximate surface area is 187 Å². The van der Waals surface area contributed by atoms with Gasteiger partial charge >= 0.3 is 5.97 Å². The molecule has 0 radical (unpaired) electrons. The summed E-state index contributed by atoms with van der Waals surface area (Å²) in [5, 5.41) is 2.78. The molecular weight excluding hydrogens is 428 g/mol.